The molecule has 0 amide bonds. The summed E-state index contributed by atoms with van der Waals surface area (Å²) >= 11 is 1.31. The summed E-state index contributed by atoms with van der Waals surface area (Å²) in [7, 11) is 0. The van der Waals surface area contributed by atoms with Gasteiger partial charge in [0, 0.05) is 23.4 Å². The number of ether oxygens (including phenoxy) is 2. The lowest BCUT2D eigenvalue weighted by atomic mass is 9.81. The number of para-hydroxylation sites is 1. The van der Waals surface area contributed by atoms with Crippen molar-refractivity contribution in [3.05, 3.63) is 66.5 Å². The topological polar surface area (TPSA) is 87.7 Å². The largest absolute Gasteiger partial charge is 0.466 e. The molecule has 0 radical (unpaired) electrons. The van der Waals surface area contributed by atoms with Crippen LogP contribution in [0.2, 0.25) is 0 Å². The van der Waals surface area contributed by atoms with Crippen molar-refractivity contribution in [1.29, 1.82) is 0 Å². The Balaban J connectivity index is 1.78. The lowest BCUT2D eigenvalue weighted by Gasteiger charge is -2.44. The number of hydrogen-bond donors (Lipinski definition) is 0. The first-order chi connectivity index (χ1) is 15.8. The molecule has 5 rings (SSSR count). The Hall–Kier alpha value is -3.20. The molecule has 0 fully saturated rings. The maximum Gasteiger partial charge on any atom is 0.317 e. The highest BCUT2D eigenvalue weighted by Crippen LogP contribution is 2.47. The van der Waals surface area contributed by atoms with Crippen molar-refractivity contribution in [2.75, 3.05) is 6.61 Å². The van der Waals surface area contributed by atoms with E-state index in [-0.39, 0.29) is 12.2 Å². The van der Waals surface area contributed by atoms with Crippen molar-refractivity contribution in [2.45, 2.75) is 52.9 Å². The molecular weight excluding hydrogens is 440 g/mol. The van der Waals surface area contributed by atoms with E-state index in [2.05, 4.69) is 5.10 Å². The monoisotopic (exact) mass is 466 g/mol. The SMILES string of the molecule is CCOC(=O)[C@@H]1[C@H]2c3ccccc3O[C@@]1(C)N=c1s/c(=C\c3c(C)nn(CC)c3C)c(=O)n12. The molecule has 172 valence electrons. The Morgan fingerprint density at radius 2 is 2.06 bits per heavy atom. The number of benzene rings is 1. The van der Waals surface area contributed by atoms with Crippen molar-refractivity contribution in [2.24, 2.45) is 10.9 Å². The fourth-order valence-corrected chi connectivity index (χ4v) is 5.98. The summed E-state index contributed by atoms with van der Waals surface area (Å²) in [5, 5.41) is 4.56. The smallest absolute Gasteiger partial charge is 0.317 e. The van der Waals surface area contributed by atoms with Crippen LogP contribution in [0.1, 0.15) is 49.3 Å². The maximum absolute atomic E-state index is 13.7. The molecule has 33 heavy (non-hydrogen) atoms. The Kier molecular flexibility index (Phi) is 5.04. The number of rotatable bonds is 4. The van der Waals surface area contributed by atoms with E-state index in [1.54, 1.807) is 18.4 Å². The number of carbonyl (C=O) groups is 1. The van der Waals surface area contributed by atoms with E-state index in [4.69, 9.17) is 14.5 Å². The maximum atomic E-state index is 13.7. The third kappa shape index (κ3) is 3.17. The molecular formula is C24H26N4O4S. The molecule has 0 N–H and O–H groups in total. The third-order valence-electron chi connectivity index (χ3n) is 6.43. The Labute approximate surface area is 194 Å². The predicted molar refractivity (Wildman–Crippen MR) is 124 cm³/mol. The fraction of sp³-hybridized carbons (Fsp3) is 0.417. The van der Waals surface area contributed by atoms with Gasteiger partial charge in [-0.15, -0.1) is 0 Å². The molecule has 0 spiro atoms. The van der Waals surface area contributed by atoms with Crippen LogP contribution >= 0.6 is 11.3 Å². The number of carbonyl (C=O) groups excluding carboxylic acids is 1. The number of esters is 1. The van der Waals surface area contributed by atoms with Gasteiger partial charge in [0.2, 0.25) is 5.72 Å². The molecule has 2 aliphatic heterocycles. The molecule has 3 atom stereocenters. The van der Waals surface area contributed by atoms with E-state index in [0.717, 1.165) is 29.1 Å². The quantitative estimate of drug-likeness (QED) is 0.550. The second-order valence-corrected chi connectivity index (χ2v) is 9.46. The van der Waals surface area contributed by atoms with E-state index < -0.39 is 23.7 Å². The Morgan fingerprint density at radius 1 is 1.30 bits per heavy atom. The molecule has 0 unspecified atom stereocenters. The zero-order valence-corrected chi connectivity index (χ0v) is 20.1. The molecule has 4 heterocycles. The van der Waals surface area contributed by atoms with Gasteiger partial charge in [-0.05, 0) is 46.8 Å². The molecule has 0 aliphatic carbocycles. The molecule has 0 saturated carbocycles. The molecule has 8 nitrogen and oxygen atoms in total. The molecule has 2 bridgehead atoms. The van der Waals surface area contributed by atoms with Crippen molar-refractivity contribution >= 4 is 23.4 Å². The van der Waals surface area contributed by atoms with Crippen molar-refractivity contribution in [3.63, 3.8) is 0 Å². The van der Waals surface area contributed by atoms with E-state index in [9.17, 15) is 9.59 Å². The first-order valence-electron chi connectivity index (χ1n) is 11.1. The van der Waals surface area contributed by atoms with Crippen LogP contribution in [0.25, 0.3) is 6.08 Å². The number of nitrogens with zero attached hydrogens (tertiary/aromatic N) is 4. The summed E-state index contributed by atoms with van der Waals surface area (Å²) in [5.74, 6) is -0.570. The minimum absolute atomic E-state index is 0.181. The van der Waals surface area contributed by atoms with Crippen LogP contribution in [0.15, 0.2) is 34.1 Å². The van der Waals surface area contributed by atoms with Crippen LogP contribution in [-0.4, -0.2) is 32.6 Å². The van der Waals surface area contributed by atoms with Gasteiger partial charge in [0.05, 0.1) is 22.9 Å². The van der Waals surface area contributed by atoms with Crippen LogP contribution in [0.5, 0.6) is 5.75 Å². The van der Waals surface area contributed by atoms with Gasteiger partial charge in [0.15, 0.2) is 4.80 Å². The van der Waals surface area contributed by atoms with E-state index >= 15 is 0 Å². The van der Waals surface area contributed by atoms with Gasteiger partial charge < -0.3 is 9.47 Å². The number of aromatic nitrogens is 3. The standard InChI is InChI=1S/C24H26N4O4S/c1-6-27-14(4)16(13(3)26-27)12-18-21(29)28-20-15-10-8-9-11-17(15)32-24(5,25-23(28)33-18)19(20)22(30)31-7-2/h8-12,19-20H,6-7H2,1-5H3/b18-12-/t19-,20+,24+/m0/s1. The fourth-order valence-electron chi connectivity index (χ4n) is 4.90. The van der Waals surface area contributed by atoms with Gasteiger partial charge >= 0.3 is 5.97 Å². The van der Waals surface area contributed by atoms with Gasteiger partial charge in [-0.1, -0.05) is 29.5 Å². The summed E-state index contributed by atoms with van der Waals surface area (Å²) in [5.41, 5.74) is 2.23. The molecule has 2 aromatic heterocycles. The van der Waals surface area contributed by atoms with Crippen LogP contribution in [0.3, 0.4) is 0 Å². The Bertz CT molecular complexity index is 1450. The second-order valence-electron chi connectivity index (χ2n) is 8.45. The van der Waals surface area contributed by atoms with Gasteiger partial charge in [0.25, 0.3) is 5.56 Å². The van der Waals surface area contributed by atoms with Gasteiger partial charge in [0.1, 0.15) is 11.7 Å². The summed E-state index contributed by atoms with van der Waals surface area (Å²) < 4.78 is 15.7. The number of aryl methyl sites for hydroxylation is 2. The lowest BCUT2D eigenvalue weighted by molar-refractivity contribution is -0.160. The third-order valence-corrected chi connectivity index (χ3v) is 7.42. The number of hydrogen-bond acceptors (Lipinski definition) is 7. The zero-order chi connectivity index (χ0) is 23.5. The van der Waals surface area contributed by atoms with Crippen LogP contribution in [0.4, 0.5) is 0 Å². The highest BCUT2D eigenvalue weighted by Gasteiger charge is 2.55. The summed E-state index contributed by atoms with van der Waals surface area (Å²) in [6.07, 6.45) is 1.89. The van der Waals surface area contributed by atoms with Crippen molar-refractivity contribution in [1.82, 2.24) is 14.3 Å². The van der Waals surface area contributed by atoms with Gasteiger partial charge in [-0.3, -0.25) is 18.8 Å². The molecule has 1 aromatic carbocycles. The average molecular weight is 467 g/mol. The first-order valence-corrected chi connectivity index (χ1v) is 11.9. The second kappa shape index (κ2) is 7.69. The van der Waals surface area contributed by atoms with Crippen LogP contribution in [-0.2, 0) is 16.1 Å². The predicted octanol–water partition coefficient (Wildman–Crippen LogP) is 2.08. The van der Waals surface area contributed by atoms with Gasteiger partial charge in [-0.2, -0.15) is 5.10 Å². The number of fused-ring (bicyclic) bond motifs is 6. The highest BCUT2D eigenvalue weighted by molar-refractivity contribution is 7.07. The van der Waals surface area contributed by atoms with Crippen molar-refractivity contribution < 1.29 is 14.3 Å². The van der Waals surface area contributed by atoms with Crippen molar-refractivity contribution in [3.8, 4) is 5.75 Å². The van der Waals surface area contributed by atoms with E-state index in [1.807, 2.05) is 55.8 Å². The summed E-state index contributed by atoms with van der Waals surface area (Å²) in [4.78, 5) is 32.1. The zero-order valence-electron chi connectivity index (χ0n) is 19.3. The average Bonchev–Trinajstić information content (AvgIpc) is 3.22. The molecule has 2 aliphatic rings. The molecule has 9 heteroatoms. The molecule has 0 saturated heterocycles. The number of thiazole rings is 1. The minimum atomic E-state index is -1.17. The molecule has 3 aromatic rings. The Morgan fingerprint density at radius 3 is 2.76 bits per heavy atom. The first kappa shape index (κ1) is 21.6. The minimum Gasteiger partial charge on any atom is -0.466 e. The van der Waals surface area contributed by atoms with E-state index in [0.29, 0.717) is 15.1 Å². The van der Waals surface area contributed by atoms with Crippen LogP contribution in [0, 0.1) is 19.8 Å². The highest BCUT2D eigenvalue weighted by atomic mass is 32.1. The lowest BCUT2D eigenvalue weighted by Crippen LogP contribution is -2.58. The van der Waals surface area contributed by atoms with Crippen LogP contribution < -0.4 is 19.6 Å². The summed E-state index contributed by atoms with van der Waals surface area (Å²) in [6, 6.07) is 6.94. The normalized spacial score (nSPS) is 23.4. The summed E-state index contributed by atoms with van der Waals surface area (Å²) in [6.45, 7) is 10.5. The van der Waals surface area contributed by atoms with E-state index in [1.165, 1.54) is 11.3 Å². The van der Waals surface area contributed by atoms with Gasteiger partial charge in [-0.25, -0.2) is 4.99 Å².